The lowest BCUT2D eigenvalue weighted by Gasteiger charge is -2.14. The molecule has 0 saturated heterocycles. The van der Waals surface area contributed by atoms with Gasteiger partial charge in [-0.1, -0.05) is 315 Å². The summed E-state index contributed by atoms with van der Waals surface area (Å²) in [4.78, 5) is 15.1. The van der Waals surface area contributed by atoms with Gasteiger partial charge in [0.1, 0.15) is 0 Å². The Labute approximate surface area is 736 Å². The lowest BCUT2D eigenvalue weighted by atomic mass is 9.94. The lowest BCUT2D eigenvalue weighted by Crippen LogP contribution is -1.98. The maximum Gasteiger partial charge on any atom is 0.160 e. The van der Waals surface area contributed by atoms with Crippen LogP contribution in [0.2, 0.25) is 0 Å². The molecule has 21 aromatic carbocycles. The normalized spacial score (nSPS) is 11.9. The van der Waals surface area contributed by atoms with Crippen LogP contribution < -0.4 is 0 Å². The summed E-state index contributed by atoms with van der Waals surface area (Å²) < 4.78 is 9.65. The van der Waals surface area contributed by atoms with E-state index in [2.05, 4.69) is 455 Å². The van der Waals surface area contributed by atoms with Crippen molar-refractivity contribution in [3.05, 3.63) is 455 Å². The Morgan fingerprint density at radius 2 is 0.438 bits per heavy atom. The van der Waals surface area contributed by atoms with Crippen LogP contribution in [0.25, 0.3) is 253 Å². The van der Waals surface area contributed by atoms with Crippen LogP contribution in [0.1, 0.15) is 0 Å². The first-order valence-electron chi connectivity index (χ1n) is 43.8. The van der Waals surface area contributed by atoms with E-state index in [-0.39, 0.29) is 0 Å². The summed E-state index contributed by atoms with van der Waals surface area (Å²) in [6.07, 6.45) is 1.90. The van der Waals surface area contributed by atoms with Gasteiger partial charge in [0.2, 0.25) is 0 Å². The summed E-state index contributed by atoms with van der Waals surface area (Å²) >= 11 is 0. The third-order valence-corrected chi connectivity index (χ3v) is 26.6. The summed E-state index contributed by atoms with van der Waals surface area (Å²) in [7, 11) is 0. The highest BCUT2D eigenvalue weighted by Gasteiger charge is 2.23. The summed E-state index contributed by atoms with van der Waals surface area (Å²) in [6.45, 7) is 0. The molecule has 594 valence electrons. The fraction of sp³-hybridized carbons (Fsp3) is 0. The van der Waals surface area contributed by atoms with Gasteiger partial charge in [-0.05, 0) is 226 Å². The van der Waals surface area contributed by atoms with Crippen LogP contribution in [-0.4, -0.2) is 33.2 Å². The molecule has 0 bridgehead atoms. The van der Waals surface area contributed by atoms with Gasteiger partial charge in [0.15, 0.2) is 5.82 Å². The number of benzene rings is 21. The molecule has 7 heteroatoms. The van der Waals surface area contributed by atoms with Gasteiger partial charge in [-0.3, -0.25) is 4.98 Å². The van der Waals surface area contributed by atoms with E-state index in [1.54, 1.807) is 0 Å². The molecule has 0 saturated carbocycles. The minimum absolute atomic E-state index is 0.689. The molecule has 0 atom stereocenters. The number of hydrogen-bond acceptors (Lipinski definition) is 3. The predicted octanol–water partition coefficient (Wildman–Crippen LogP) is 32.0. The highest BCUT2D eigenvalue weighted by atomic mass is 15.0. The van der Waals surface area contributed by atoms with Crippen molar-refractivity contribution < 1.29 is 0 Å². The van der Waals surface area contributed by atoms with Crippen LogP contribution in [0.15, 0.2) is 455 Å². The van der Waals surface area contributed by atoms with Gasteiger partial charge in [0, 0.05) is 99.7 Å². The first-order chi connectivity index (χ1) is 63.5. The smallest absolute Gasteiger partial charge is 0.160 e. The number of rotatable bonds is 10. The third kappa shape index (κ3) is 11.6. The molecule has 7 nitrogen and oxygen atoms in total. The van der Waals surface area contributed by atoms with Gasteiger partial charge >= 0.3 is 0 Å². The molecule has 0 amide bonds. The number of aromatic nitrogens is 7. The van der Waals surface area contributed by atoms with E-state index in [0.29, 0.717) is 5.82 Å². The predicted molar refractivity (Wildman–Crippen MR) is 539 cm³/mol. The molecule has 6 aromatic heterocycles. The van der Waals surface area contributed by atoms with Gasteiger partial charge in [0.05, 0.1) is 61.2 Å². The van der Waals surface area contributed by atoms with Crippen LogP contribution >= 0.6 is 0 Å². The molecule has 0 unspecified atom stereocenters. The van der Waals surface area contributed by atoms with E-state index in [4.69, 9.17) is 15.0 Å². The zero-order chi connectivity index (χ0) is 84.0. The van der Waals surface area contributed by atoms with Crippen molar-refractivity contribution in [2.75, 3.05) is 0 Å². The molecule has 0 fully saturated rings. The van der Waals surface area contributed by atoms with E-state index in [9.17, 15) is 0 Å². The summed E-state index contributed by atoms with van der Waals surface area (Å²) in [5.41, 5.74) is 25.7. The van der Waals surface area contributed by atoms with E-state index < -0.39 is 0 Å². The molecule has 0 N–H and O–H groups in total. The molecule has 6 heterocycles. The standard InChI is InChI=1S/C64H40N4.C57H35N3/c1-3-16-41(17-4-1)58-40-59(42-18-5-2-6-19-42)66-64(65-58)45-20-15-21-46(36-45)67-60-28-13-11-26-53(60)56-37-43(30-34-62(56)67)44-31-35-63-57(38-44)54-27-12-14-29-61(54)68(63)47-32-33-52-50-24-8-7-22-48(50)49-23-9-10-25-51(49)55(52)39-47;1-2-12-42-36(11-1)31-32-58-57(42)37-21-25-40(26-22-37)59-53-19-9-7-17-48(53)51-33-38(23-29-55(51)59)39-24-30-56-52(34-39)49-18-8-10-20-54(49)60(56)41-27-28-47-45-15-4-3-13-43(45)44-14-5-6-16-46(44)50(47)35-41/h1-40H;1-35H. The molecule has 27 rings (SSSR count). The maximum absolute atomic E-state index is 5.16. The molecule has 0 aliphatic carbocycles. The van der Waals surface area contributed by atoms with Crippen molar-refractivity contribution in [2.45, 2.75) is 0 Å². The van der Waals surface area contributed by atoms with Crippen LogP contribution in [0.5, 0.6) is 0 Å². The minimum atomic E-state index is 0.689. The highest BCUT2D eigenvalue weighted by Crippen LogP contribution is 2.46. The van der Waals surface area contributed by atoms with Gasteiger partial charge in [-0.25, -0.2) is 9.97 Å². The summed E-state index contributed by atoms with van der Waals surface area (Å²) in [5.74, 6) is 0.689. The highest BCUT2D eigenvalue weighted by molar-refractivity contribution is 6.28. The second kappa shape index (κ2) is 29.3. The second-order valence-corrected chi connectivity index (χ2v) is 33.7. The molecule has 0 spiro atoms. The number of fused-ring (bicyclic) bond motifs is 25. The second-order valence-electron chi connectivity index (χ2n) is 33.7. The van der Waals surface area contributed by atoms with Gasteiger partial charge in [-0.15, -0.1) is 0 Å². The molecule has 0 aliphatic rings. The fourth-order valence-electron chi connectivity index (χ4n) is 20.8. The average Bonchev–Trinajstić information content (AvgIpc) is 1.14. The van der Waals surface area contributed by atoms with Crippen LogP contribution in [0.3, 0.4) is 0 Å². The van der Waals surface area contributed by atoms with E-state index in [0.717, 1.165) is 78.5 Å². The van der Waals surface area contributed by atoms with Crippen molar-refractivity contribution in [3.63, 3.8) is 0 Å². The number of hydrogen-bond donors (Lipinski definition) is 0. The Morgan fingerprint density at radius 3 is 0.828 bits per heavy atom. The molecular formula is C121H75N7. The van der Waals surface area contributed by atoms with Crippen molar-refractivity contribution in [2.24, 2.45) is 0 Å². The third-order valence-electron chi connectivity index (χ3n) is 26.6. The number of para-hydroxylation sites is 4. The number of nitrogens with zero attached hydrogens (tertiary/aromatic N) is 7. The van der Waals surface area contributed by atoms with Crippen LogP contribution in [-0.2, 0) is 0 Å². The fourth-order valence-corrected chi connectivity index (χ4v) is 20.8. The SMILES string of the molecule is c1ccc(-c2cc(-c3ccccc3)nc(-c3cccc(-n4c5ccccc5c5cc(-c6ccc7c(c6)c6ccccc6n7-c6ccc7c8ccccc8c8ccccc8c7c6)ccc54)c3)n2)cc1.c1ccc2c(-c3ccc(-n4c5ccccc5c5cc(-c6ccc7c(c6)c6ccccc6n7-c6ccc7c8ccccc8c8ccccc8c7c6)ccc54)cc3)nccc2c1. The summed E-state index contributed by atoms with van der Waals surface area (Å²) in [5, 5.41) is 27.6. The zero-order valence-electron chi connectivity index (χ0n) is 69.4. The monoisotopic (exact) mass is 1630 g/mol. The molecule has 0 radical (unpaired) electrons. The largest absolute Gasteiger partial charge is 0.309 e. The first kappa shape index (κ1) is 72.5. The first-order valence-corrected chi connectivity index (χ1v) is 43.8. The molecular weight excluding hydrogens is 1550 g/mol. The Morgan fingerprint density at radius 1 is 0.148 bits per heavy atom. The van der Waals surface area contributed by atoms with Gasteiger partial charge in [0.25, 0.3) is 0 Å². The van der Waals surface area contributed by atoms with Crippen molar-refractivity contribution in [3.8, 4) is 90.2 Å². The van der Waals surface area contributed by atoms with E-state index in [1.807, 2.05) is 18.3 Å². The van der Waals surface area contributed by atoms with Crippen molar-refractivity contribution >= 4 is 163 Å². The Kier molecular flexibility index (Phi) is 16.6. The van der Waals surface area contributed by atoms with Crippen molar-refractivity contribution in [1.29, 1.82) is 0 Å². The quantitative estimate of drug-likeness (QED) is 0.128. The Balaban J connectivity index is 0.000000136. The Hall–Kier alpha value is -17.1. The molecule has 128 heavy (non-hydrogen) atoms. The van der Waals surface area contributed by atoms with E-state index in [1.165, 1.54) is 168 Å². The lowest BCUT2D eigenvalue weighted by molar-refractivity contribution is 1.16. The minimum Gasteiger partial charge on any atom is -0.309 e. The topological polar surface area (TPSA) is 58.4 Å². The Bertz CT molecular complexity index is 9140. The van der Waals surface area contributed by atoms with Crippen LogP contribution in [0.4, 0.5) is 0 Å². The molecule has 0 aliphatic heterocycles. The van der Waals surface area contributed by atoms with Crippen molar-refractivity contribution in [1.82, 2.24) is 33.2 Å². The summed E-state index contributed by atoms with van der Waals surface area (Å²) in [6, 6.07) is 163. The van der Waals surface area contributed by atoms with Gasteiger partial charge in [-0.2, -0.15) is 0 Å². The number of pyridine rings is 1. The maximum atomic E-state index is 5.16. The van der Waals surface area contributed by atoms with E-state index >= 15 is 0 Å². The molecule has 27 aromatic rings. The van der Waals surface area contributed by atoms with Gasteiger partial charge < -0.3 is 18.3 Å². The average molecular weight is 1630 g/mol. The van der Waals surface area contributed by atoms with Crippen LogP contribution in [0, 0.1) is 0 Å². The zero-order valence-corrected chi connectivity index (χ0v) is 69.4.